The van der Waals surface area contributed by atoms with Gasteiger partial charge in [0.2, 0.25) is 0 Å². The van der Waals surface area contributed by atoms with E-state index in [1.807, 2.05) is 0 Å². The molecule has 0 aromatic heterocycles. The molecule has 138 valence electrons. The van der Waals surface area contributed by atoms with Gasteiger partial charge in [-0.1, -0.05) is 6.92 Å². The molecular formula is C17H28O7. The largest absolute Gasteiger partial charge is 0.481 e. The summed E-state index contributed by atoms with van der Waals surface area (Å²) in [5.74, 6) is -2.81. The van der Waals surface area contributed by atoms with Crippen molar-refractivity contribution in [1.82, 2.24) is 0 Å². The lowest BCUT2D eigenvalue weighted by Crippen LogP contribution is -2.68. The number of hydrogen-bond donors (Lipinski definition) is 3. The molecule has 0 aromatic rings. The number of rotatable bonds is 3. The van der Waals surface area contributed by atoms with E-state index in [1.165, 1.54) is 13.8 Å². The lowest BCUT2D eigenvalue weighted by atomic mass is 9.55. The standard InChI is InChI=1S/C17H28O7/c1-9(18)23-12-8-11(15(2,3)21)24-10-6-7-16(4,22)13(14(19)20)17(10,12)5/h10-13,21-22H,6-8H2,1-5H3,(H,19,20). The Morgan fingerprint density at radius 1 is 1.29 bits per heavy atom. The quantitative estimate of drug-likeness (QED) is 0.657. The van der Waals surface area contributed by atoms with Gasteiger partial charge in [0, 0.05) is 18.8 Å². The van der Waals surface area contributed by atoms with E-state index in [0.717, 1.165) is 0 Å². The molecule has 3 N–H and O–H groups in total. The van der Waals surface area contributed by atoms with Crippen molar-refractivity contribution in [3.8, 4) is 0 Å². The maximum atomic E-state index is 11.9. The molecule has 2 aliphatic rings. The lowest BCUT2D eigenvalue weighted by Gasteiger charge is -2.58. The normalized spacial score (nSPS) is 43.0. The second kappa shape index (κ2) is 5.97. The maximum absolute atomic E-state index is 11.9. The minimum atomic E-state index is -1.43. The predicted octanol–water partition coefficient (Wildman–Crippen LogP) is 1.10. The van der Waals surface area contributed by atoms with Crippen molar-refractivity contribution in [2.45, 2.75) is 83.4 Å². The molecule has 2 fully saturated rings. The number of carboxylic acids is 1. The number of aliphatic carboxylic acids is 1. The highest BCUT2D eigenvalue weighted by Gasteiger charge is 2.64. The Morgan fingerprint density at radius 2 is 1.88 bits per heavy atom. The third kappa shape index (κ3) is 3.17. The zero-order chi connectivity index (χ0) is 18.5. The Labute approximate surface area is 141 Å². The summed E-state index contributed by atoms with van der Waals surface area (Å²) in [4.78, 5) is 23.5. The van der Waals surface area contributed by atoms with Gasteiger partial charge in [-0.25, -0.2) is 0 Å². The van der Waals surface area contributed by atoms with Gasteiger partial charge in [-0.2, -0.15) is 0 Å². The van der Waals surface area contributed by atoms with E-state index < -0.39 is 52.8 Å². The summed E-state index contributed by atoms with van der Waals surface area (Å²) in [5.41, 5.74) is -3.67. The Kier molecular flexibility index (Phi) is 4.76. The highest BCUT2D eigenvalue weighted by molar-refractivity contribution is 5.73. The fourth-order valence-corrected chi connectivity index (χ4v) is 4.41. The van der Waals surface area contributed by atoms with Crippen molar-refractivity contribution >= 4 is 11.9 Å². The number of carbonyl (C=O) groups is 2. The van der Waals surface area contributed by atoms with Crippen molar-refractivity contribution in [1.29, 1.82) is 0 Å². The lowest BCUT2D eigenvalue weighted by molar-refractivity contribution is -0.277. The number of hydrogen-bond acceptors (Lipinski definition) is 6. The molecule has 0 amide bonds. The van der Waals surface area contributed by atoms with E-state index in [2.05, 4.69) is 0 Å². The van der Waals surface area contributed by atoms with E-state index in [-0.39, 0.29) is 12.8 Å². The van der Waals surface area contributed by atoms with E-state index in [9.17, 15) is 24.9 Å². The molecule has 1 saturated heterocycles. The van der Waals surface area contributed by atoms with Gasteiger partial charge in [-0.3, -0.25) is 9.59 Å². The van der Waals surface area contributed by atoms with Gasteiger partial charge in [0.25, 0.3) is 0 Å². The highest BCUT2D eigenvalue weighted by atomic mass is 16.6. The fourth-order valence-electron chi connectivity index (χ4n) is 4.41. The minimum absolute atomic E-state index is 0.177. The second-order valence-corrected chi connectivity index (χ2v) is 8.13. The monoisotopic (exact) mass is 344 g/mol. The average molecular weight is 344 g/mol. The van der Waals surface area contributed by atoms with Crippen LogP contribution in [-0.4, -0.2) is 56.8 Å². The van der Waals surface area contributed by atoms with Crippen LogP contribution >= 0.6 is 0 Å². The average Bonchev–Trinajstić information content (AvgIpc) is 2.36. The number of aliphatic hydroxyl groups is 2. The third-order valence-electron chi connectivity index (χ3n) is 5.64. The Bertz CT molecular complexity index is 522. The molecule has 2 rings (SSSR count). The zero-order valence-electron chi connectivity index (χ0n) is 14.9. The van der Waals surface area contributed by atoms with Crippen LogP contribution in [-0.2, 0) is 19.1 Å². The highest BCUT2D eigenvalue weighted by Crippen LogP contribution is 2.55. The topological polar surface area (TPSA) is 113 Å². The summed E-state index contributed by atoms with van der Waals surface area (Å²) in [7, 11) is 0. The SMILES string of the molecule is CC(=O)OC1CC(C(C)(C)O)OC2CCC(C)(O)C(C(=O)O)C12C. The Morgan fingerprint density at radius 3 is 2.33 bits per heavy atom. The van der Waals surface area contributed by atoms with Crippen LogP contribution in [0.3, 0.4) is 0 Å². The summed E-state index contributed by atoms with van der Waals surface area (Å²) < 4.78 is 11.5. The fraction of sp³-hybridized carbons (Fsp3) is 0.882. The van der Waals surface area contributed by atoms with E-state index in [4.69, 9.17) is 9.47 Å². The van der Waals surface area contributed by atoms with Crippen molar-refractivity contribution < 1.29 is 34.4 Å². The molecule has 1 heterocycles. The molecule has 7 heteroatoms. The van der Waals surface area contributed by atoms with Crippen molar-refractivity contribution in [2.24, 2.45) is 11.3 Å². The van der Waals surface area contributed by atoms with Crippen molar-refractivity contribution in [3.63, 3.8) is 0 Å². The smallest absolute Gasteiger partial charge is 0.310 e. The number of ether oxygens (including phenoxy) is 2. The van der Waals surface area contributed by atoms with Crippen LogP contribution in [0.25, 0.3) is 0 Å². The number of carbonyl (C=O) groups excluding carboxylic acids is 1. The van der Waals surface area contributed by atoms with Crippen molar-refractivity contribution in [2.75, 3.05) is 0 Å². The number of carboxylic acid groups (broad SMARTS) is 1. The van der Waals surface area contributed by atoms with Gasteiger partial charge in [-0.15, -0.1) is 0 Å². The number of fused-ring (bicyclic) bond motifs is 1. The molecule has 1 saturated carbocycles. The van der Waals surface area contributed by atoms with Crippen LogP contribution < -0.4 is 0 Å². The molecule has 0 radical (unpaired) electrons. The zero-order valence-corrected chi connectivity index (χ0v) is 14.9. The summed E-state index contributed by atoms with van der Waals surface area (Å²) in [6.07, 6.45) is -1.02. The molecule has 0 aromatic carbocycles. The summed E-state index contributed by atoms with van der Waals surface area (Å²) in [6.45, 7) is 7.68. The Balaban J connectivity index is 2.49. The van der Waals surface area contributed by atoms with Crippen LogP contribution in [0.2, 0.25) is 0 Å². The first-order valence-corrected chi connectivity index (χ1v) is 8.30. The van der Waals surface area contributed by atoms with E-state index in [1.54, 1.807) is 20.8 Å². The predicted molar refractivity (Wildman–Crippen MR) is 84.2 cm³/mol. The van der Waals surface area contributed by atoms with E-state index >= 15 is 0 Å². The minimum Gasteiger partial charge on any atom is -0.481 e. The molecule has 24 heavy (non-hydrogen) atoms. The van der Waals surface area contributed by atoms with Crippen LogP contribution in [0.1, 0.15) is 53.9 Å². The first-order valence-electron chi connectivity index (χ1n) is 8.30. The van der Waals surface area contributed by atoms with Gasteiger partial charge in [0.1, 0.15) is 6.10 Å². The third-order valence-corrected chi connectivity index (χ3v) is 5.64. The molecule has 6 unspecified atom stereocenters. The molecule has 1 aliphatic carbocycles. The second-order valence-electron chi connectivity index (χ2n) is 8.13. The summed E-state index contributed by atoms with van der Waals surface area (Å²) >= 11 is 0. The van der Waals surface area contributed by atoms with Crippen LogP contribution in [0, 0.1) is 11.3 Å². The van der Waals surface area contributed by atoms with Crippen molar-refractivity contribution in [3.05, 3.63) is 0 Å². The summed E-state index contributed by atoms with van der Waals surface area (Å²) in [6, 6.07) is 0. The van der Waals surface area contributed by atoms with Gasteiger partial charge >= 0.3 is 11.9 Å². The van der Waals surface area contributed by atoms with Crippen LogP contribution in [0.5, 0.6) is 0 Å². The molecule has 0 bridgehead atoms. The van der Waals surface area contributed by atoms with Gasteiger partial charge in [-0.05, 0) is 33.6 Å². The van der Waals surface area contributed by atoms with Gasteiger partial charge in [0.05, 0.1) is 29.3 Å². The van der Waals surface area contributed by atoms with Gasteiger partial charge in [0.15, 0.2) is 0 Å². The number of esters is 1. The first kappa shape index (κ1) is 19.1. The maximum Gasteiger partial charge on any atom is 0.310 e. The summed E-state index contributed by atoms with van der Waals surface area (Å²) in [5, 5.41) is 30.7. The molecule has 0 spiro atoms. The molecule has 6 atom stereocenters. The van der Waals surface area contributed by atoms with Crippen LogP contribution in [0.4, 0.5) is 0 Å². The molecule has 1 aliphatic heterocycles. The molecule has 7 nitrogen and oxygen atoms in total. The Hall–Kier alpha value is -1.18. The first-order chi connectivity index (χ1) is 10.8. The van der Waals surface area contributed by atoms with Gasteiger partial charge < -0.3 is 24.8 Å². The van der Waals surface area contributed by atoms with Crippen LogP contribution in [0.15, 0.2) is 0 Å². The van der Waals surface area contributed by atoms with E-state index in [0.29, 0.717) is 6.42 Å². The molecular weight excluding hydrogens is 316 g/mol.